The number of aromatic nitrogens is 1. The Kier molecular flexibility index (Phi) is 3.31. The molecule has 0 atom stereocenters. The Morgan fingerprint density at radius 2 is 1.75 bits per heavy atom. The molecule has 0 bridgehead atoms. The number of benzene rings is 1. The lowest BCUT2D eigenvalue weighted by Crippen LogP contribution is -2.41. The zero-order valence-electron chi connectivity index (χ0n) is 15.0. The predicted molar refractivity (Wildman–Crippen MR) is 97.5 cm³/mol. The first-order chi connectivity index (χ1) is 11.3. The summed E-state index contributed by atoms with van der Waals surface area (Å²) in [5.74, 6) is 0. The lowest BCUT2D eigenvalue weighted by atomic mass is 9.79. The van der Waals surface area contributed by atoms with Crippen LogP contribution < -0.4 is 10.4 Å². The van der Waals surface area contributed by atoms with Crippen LogP contribution in [-0.2, 0) is 15.9 Å². The van der Waals surface area contributed by atoms with Gasteiger partial charge in [0.15, 0.2) is 0 Å². The number of para-hydroxylation sites is 1. The molecule has 1 fully saturated rings. The standard InChI is InChI=1S/C19H23BN2O2/c1-18(2)19(3,4)24-20(23-18)14-10-13-12-22(5)16-9-7-6-8-15(16)17(13)21-11-14/h6-11H,12H2,1-5H3. The van der Waals surface area contributed by atoms with Crippen molar-refractivity contribution in [3.8, 4) is 11.3 Å². The van der Waals surface area contributed by atoms with Crippen molar-refractivity contribution in [2.75, 3.05) is 11.9 Å². The van der Waals surface area contributed by atoms with Gasteiger partial charge in [-0.05, 0) is 39.3 Å². The van der Waals surface area contributed by atoms with E-state index in [9.17, 15) is 0 Å². The number of pyridine rings is 1. The number of anilines is 1. The molecule has 0 unspecified atom stereocenters. The molecule has 0 amide bonds. The summed E-state index contributed by atoms with van der Waals surface area (Å²) in [6.07, 6.45) is 1.89. The second-order valence-corrected chi connectivity index (χ2v) is 7.74. The van der Waals surface area contributed by atoms with Crippen LogP contribution in [0.2, 0.25) is 0 Å². The minimum absolute atomic E-state index is 0.336. The molecule has 2 aliphatic heterocycles. The molecule has 3 heterocycles. The van der Waals surface area contributed by atoms with E-state index in [4.69, 9.17) is 14.3 Å². The Balaban J connectivity index is 1.73. The fourth-order valence-electron chi connectivity index (χ4n) is 3.35. The van der Waals surface area contributed by atoms with Crippen LogP contribution in [0.4, 0.5) is 5.69 Å². The molecule has 4 rings (SSSR count). The molecular weight excluding hydrogens is 299 g/mol. The lowest BCUT2D eigenvalue weighted by Gasteiger charge is -2.32. The average molecular weight is 322 g/mol. The summed E-state index contributed by atoms with van der Waals surface area (Å²) in [6, 6.07) is 10.6. The summed E-state index contributed by atoms with van der Waals surface area (Å²) < 4.78 is 12.3. The average Bonchev–Trinajstić information content (AvgIpc) is 2.75. The molecule has 0 N–H and O–H groups in total. The summed E-state index contributed by atoms with van der Waals surface area (Å²) in [4.78, 5) is 7.01. The van der Waals surface area contributed by atoms with Gasteiger partial charge in [0.1, 0.15) is 0 Å². The van der Waals surface area contributed by atoms with Crippen LogP contribution in [0.5, 0.6) is 0 Å². The molecule has 1 aromatic carbocycles. The van der Waals surface area contributed by atoms with Gasteiger partial charge in [0.2, 0.25) is 0 Å². The number of fused-ring (bicyclic) bond motifs is 3. The van der Waals surface area contributed by atoms with E-state index in [0.29, 0.717) is 0 Å². The Bertz CT molecular complexity index is 788. The van der Waals surface area contributed by atoms with Crippen molar-refractivity contribution in [3.05, 3.63) is 42.1 Å². The van der Waals surface area contributed by atoms with Crippen molar-refractivity contribution in [2.24, 2.45) is 0 Å². The first-order valence-electron chi connectivity index (χ1n) is 8.43. The fraction of sp³-hybridized carbons (Fsp3) is 0.421. The van der Waals surface area contributed by atoms with E-state index in [1.807, 2.05) is 6.20 Å². The van der Waals surface area contributed by atoms with Gasteiger partial charge >= 0.3 is 7.12 Å². The van der Waals surface area contributed by atoms with Crippen molar-refractivity contribution in [1.29, 1.82) is 0 Å². The van der Waals surface area contributed by atoms with Gasteiger partial charge < -0.3 is 14.2 Å². The highest BCUT2D eigenvalue weighted by Gasteiger charge is 2.52. The zero-order valence-corrected chi connectivity index (χ0v) is 15.0. The maximum Gasteiger partial charge on any atom is 0.496 e. The Labute approximate surface area is 143 Å². The first-order valence-corrected chi connectivity index (χ1v) is 8.43. The SMILES string of the molecule is CN1Cc2cc(B3OC(C)(C)C(C)(C)O3)cnc2-c2ccccc21. The summed E-state index contributed by atoms with van der Waals surface area (Å²) in [7, 11) is 1.75. The van der Waals surface area contributed by atoms with Gasteiger partial charge in [0.25, 0.3) is 0 Å². The van der Waals surface area contributed by atoms with Gasteiger partial charge in [0.05, 0.1) is 16.9 Å². The van der Waals surface area contributed by atoms with Gasteiger partial charge in [-0.1, -0.05) is 24.3 Å². The van der Waals surface area contributed by atoms with Crippen LogP contribution in [0.3, 0.4) is 0 Å². The second-order valence-electron chi connectivity index (χ2n) is 7.74. The molecule has 1 aromatic heterocycles. The largest absolute Gasteiger partial charge is 0.496 e. The van der Waals surface area contributed by atoms with Gasteiger partial charge in [-0.2, -0.15) is 0 Å². The van der Waals surface area contributed by atoms with Crippen LogP contribution in [0.15, 0.2) is 36.5 Å². The summed E-state index contributed by atoms with van der Waals surface area (Å²) >= 11 is 0. The molecule has 0 aliphatic carbocycles. The van der Waals surface area contributed by atoms with Crippen molar-refractivity contribution >= 4 is 18.3 Å². The van der Waals surface area contributed by atoms with Gasteiger partial charge in [-0.3, -0.25) is 4.98 Å². The summed E-state index contributed by atoms with van der Waals surface area (Å²) in [6.45, 7) is 9.13. The van der Waals surface area contributed by atoms with Crippen molar-refractivity contribution < 1.29 is 9.31 Å². The molecule has 0 saturated carbocycles. The Hall–Kier alpha value is -1.85. The topological polar surface area (TPSA) is 34.6 Å². The summed E-state index contributed by atoms with van der Waals surface area (Å²) in [5, 5.41) is 0. The third-order valence-corrected chi connectivity index (χ3v) is 5.49. The predicted octanol–water partition coefficient (Wildman–Crippen LogP) is 3.00. The number of rotatable bonds is 1. The fourth-order valence-corrected chi connectivity index (χ4v) is 3.35. The van der Waals surface area contributed by atoms with E-state index in [2.05, 4.69) is 70.0 Å². The van der Waals surface area contributed by atoms with E-state index in [1.54, 1.807) is 0 Å². The van der Waals surface area contributed by atoms with E-state index < -0.39 is 0 Å². The number of hydrogen-bond donors (Lipinski definition) is 0. The van der Waals surface area contributed by atoms with E-state index in [-0.39, 0.29) is 18.3 Å². The quantitative estimate of drug-likeness (QED) is 0.756. The molecule has 124 valence electrons. The number of nitrogens with zero attached hydrogens (tertiary/aromatic N) is 2. The van der Waals surface area contributed by atoms with Gasteiger partial charge in [-0.15, -0.1) is 0 Å². The Morgan fingerprint density at radius 3 is 2.46 bits per heavy atom. The van der Waals surface area contributed by atoms with Crippen LogP contribution in [0.1, 0.15) is 33.3 Å². The third-order valence-electron chi connectivity index (χ3n) is 5.49. The molecule has 24 heavy (non-hydrogen) atoms. The molecule has 1 saturated heterocycles. The van der Waals surface area contributed by atoms with Crippen LogP contribution in [-0.4, -0.2) is 30.4 Å². The molecular formula is C19H23BN2O2. The van der Waals surface area contributed by atoms with Crippen LogP contribution >= 0.6 is 0 Å². The maximum absolute atomic E-state index is 6.16. The minimum atomic E-state index is -0.365. The highest BCUT2D eigenvalue weighted by Crippen LogP contribution is 2.38. The first kappa shape index (κ1) is 15.7. The molecule has 0 spiro atoms. The lowest BCUT2D eigenvalue weighted by molar-refractivity contribution is 0.00578. The third kappa shape index (κ3) is 2.26. The summed E-state index contributed by atoms with van der Waals surface area (Å²) in [5.41, 5.74) is 4.99. The monoisotopic (exact) mass is 322 g/mol. The van der Waals surface area contributed by atoms with Gasteiger partial charge in [-0.25, -0.2) is 0 Å². The van der Waals surface area contributed by atoms with E-state index in [1.165, 1.54) is 16.8 Å². The number of hydrogen-bond acceptors (Lipinski definition) is 4. The molecule has 2 aliphatic rings. The van der Waals surface area contributed by atoms with Crippen LogP contribution in [0.25, 0.3) is 11.3 Å². The van der Waals surface area contributed by atoms with Gasteiger partial charge in [0, 0.05) is 36.5 Å². The zero-order chi connectivity index (χ0) is 17.1. The molecule has 5 heteroatoms. The van der Waals surface area contributed by atoms with Crippen LogP contribution in [0, 0.1) is 0 Å². The molecule has 0 radical (unpaired) electrons. The Morgan fingerprint density at radius 1 is 1.08 bits per heavy atom. The van der Waals surface area contributed by atoms with Crippen molar-refractivity contribution in [2.45, 2.75) is 45.4 Å². The molecule has 2 aromatic rings. The van der Waals surface area contributed by atoms with E-state index >= 15 is 0 Å². The van der Waals surface area contributed by atoms with Crippen molar-refractivity contribution in [3.63, 3.8) is 0 Å². The molecule has 4 nitrogen and oxygen atoms in total. The smallest absolute Gasteiger partial charge is 0.399 e. The minimum Gasteiger partial charge on any atom is -0.399 e. The normalized spacial score (nSPS) is 20.7. The highest BCUT2D eigenvalue weighted by atomic mass is 16.7. The second kappa shape index (κ2) is 5.07. The maximum atomic E-state index is 6.16. The van der Waals surface area contributed by atoms with E-state index in [0.717, 1.165) is 17.7 Å². The van der Waals surface area contributed by atoms with Crippen molar-refractivity contribution in [1.82, 2.24) is 4.98 Å². The highest BCUT2D eigenvalue weighted by molar-refractivity contribution is 6.62.